The molecule has 6 N–H and O–H groups in total. The van der Waals surface area contributed by atoms with E-state index in [9.17, 15) is 58.2 Å². The zero-order chi connectivity index (χ0) is 76.7. The molecular weight excluding hydrogens is 1400 g/mol. The quantitative estimate of drug-likeness (QED) is 0.0233. The predicted molar refractivity (Wildman–Crippen MR) is 378 cm³/mol. The Hall–Kier alpha value is -8.87. The van der Waals surface area contributed by atoms with Crippen LogP contribution in [0.5, 0.6) is 0 Å². The van der Waals surface area contributed by atoms with Crippen molar-refractivity contribution in [2.75, 3.05) is 118 Å². The number of carboxylic acids is 2. The number of halogens is 4. The van der Waals surface area contributed by atoms with Crippen molar-refractivity contribution in [1.29, 1.82) is 0 Å². The Balaban J connectivity index is 0.995. The maximum atomic E-state index is 16.2. The molecule has 2 aromatic heterocycles. The number of carbonyl (C=O) groups is 6. The summed E-state index contributed by atoms with van der Waals surface area (Å²) in [7, 11) is 5.68. The number of carbonyl (C=O) groups excluding carboxylic acids is 4. The fraction of sp³-hybridized carbons (Fsp3) is 0.472. The van der Waals surface area contributed by atoms with Crippen LogP contribution in [0.2, 0.25) is 0 Å². The van der Waals surface area contributed by atoms with Crippen LogP contribution in [0.1, 0.15) is 75.4 Å². The number of hydrogen-bond donors (Lipinski definition) is 6. The second-order valence-corrected chi connectivity index (χ2v) is 25.3. The van der Waals surface area contributed by atoms with E-state index in [1.807, 2.05) is 0 Å². The van der Waals surface area contributed by atoms with Gasteiger partial charge in [0, 0.05) is 96.7 Å². The third-order valence-electron chi connectivity index (χ3n) is 16.7. The standard InChI is InChI=1S/C72H90F4N8O20S/c1-44-62(67(89)83(6)71(95)81(44)4)50-12-8-47(9-13-50)38-58(69(91)92)78-43-53-54(73)40-52(41-55(53)74)65(60(86)16-18-77-61(87)17-19-97-20-21-98-22-23-99-24-25-100-26-27-101-28-29-102-30-31-103-32-33-104-34-35-105-46(3)85)79-42-49-36-56(75)64(57(76)37-49)66(88)80-59(70(93)94)39-48-10-14-51(15-11-48)63-45(2)82(5)72(96)84(7)68(63)90/h8-15,36-37,40-41,58-59,65,78-79H,16-35,38-39,42-43H2,1-7H3,(H,77,87)(H,80,88)(H,91,92)(H,93,94)/t58-,59-,65-/m0/s1. The van der Waals surface area contributed by atoms with E-state index in [2.05, 4.69) is 21.3 Å². The molecule has 0 aliphatic carbocycles. The summed E-state index contributed by atoms with van der Waals surface area (Å²) < 4.78 is 113. The maximum Gasteiger partial charge on any atom is 0.330 e. The molecule has 6 aromatic rings. The third kappa shape index (κ3) is 26.3. The first-order chi connectivity index (χ1) is 50.2. The first-order valence-electron chi connectivity index (χ1n) is 33.7. The molecule has 4 aromatic carbocycles. The van der Waals surface area contributed by atoms with Crippen LogP contribution in [-0.2, 0) is 116 Å². The molecule has 0 saturated carbocycles. The zero-order valence-corrected chi connectivity index (χ0v) is 60.4. The first kappa shape index (κ1) is 85.1. The molecule has 0 spiro atoms. The van der Waals surface area contributed by atoms with Crippen molar-refractivity contribution in [3.8, 4) is 22.3 Å². The van der Waals surface area contributed by atoms with Gasteiger partial charge in [0.1, 0.15) is 40.9 Å². The normalized spacial score (nSPS) is 12.3. The Morgan fingerprint density at radius 2 is 0.886 bits per heavy atom. The van der Waals surface area contributed by atoms with Crippen LogP contribution < -0.4 is 43.8 Å². The van der Waals surface area contributed by atoms with Gasteiger partial charge in [0.25, 0.3) is 17.0 Å². The van der Waals surface area contributed by atoms with Gasteiger partial charge in [-0.15, -0.1) is 0 Å². The van der Waals surface area contributed by atoms with Gasteiger partial charge >= 0.3 is 23.3 Å². The maximum absolute atomic E-state index is 16.2. The van der Waals surface area contributed by atoms with Gasteiger partial charge in [-0.05, 0) is 77.9 Å². The third-order valence-corrected chi connectivity index (χ3v) is 17.4. The van der Waals surface area contributed by atoms with Crippen LogP contribution in [0.4, 0.5) is 17.6 Å². The highest BCUT2D eigenvalue weighted by Gasteiger charge is 2.29. The summed E-state index contributed by atoms with van der Waals surface area (Å²) in [6, 6.07) is 10.7. The average Bonchev–Trinajstić information content (AvgIpc) is 0.785. The van der Waals surface area contributed by atoms with Crippen LogP contribution in [0.15, 0.2) is 92.0 Å². The van der Waals surface area contributed by atoms with Crippen LogP contribution in [0.3, 0.4) is 0 Å². The fourth-order valence-electron chi connectivity index (χ4n) is 10.7. The molecule has 0 aliphatic heterocycles. The number of hydrogen-bond acceptors (Lipinski definition) is 21. The number of rotatable bonds is 48. The number of Topliss-reactive ketones (excluding diaryl/α,β-unsaturated/α-hetero) is 1. The van der Waals surface area contributed by atoms with E-state index >= 15 is 17.6 Å². The topological polar surface area (TPSA) is 353 Å². The highest BCUT2D eigenvalue weighted by Crippen LogP contribution is 2.26. The SMILES string of the molecule is CC(=O)SCCOCCOCCOCCOCCOCCOCCOCCOCCC(=O)NCCC(=O)[C@@H](NCc1cc(F)c(C(=O)N[C@@H](Cc2ccc(-c3c(C)n(C)c(=O)n(C)c3=O)cc2)C(=O)O)c(F)c1)c1cc(F)c(CN[C@@H](Cc2ccc(-c3c(C)n(C)c(=O)n(C)c3=O)cc2)C(=O)O)c(F)c1. The fourth-order valence-corrected chi connectivity index (χ4v) is 11.2. The molecule has 2 amide bonds. The summed E-state index contributed by atoms with van der Waals surface area (Å²) >= 11 is 1.22. The van der Waals surface area contributed by atoms with Crippen LogP contribution in [0, 0.1) is 37.1 Å². The summed E-state index contributed by atoms with van der Waals surface area (Å²) in [5.74, 6) is -10.3. The first-order valence-corrected chi connectivity index (χ1v) is 34.6. The number of amides is 2. The lowest BCUT2D eigenvalue weighted by atomic mass is 9.97. The van der Waals surface area contributed by atoms with E-state index in [0.717, 1.165) is 33.4 Å². The van der Waals surface area contributed by atoms with Crippen molar-refractivity contribution in [2.45, 2.75) is 77.7 Å². The molecule has 2 heterocycles. The molecule has 0 aliphatic rings. The van der Waals surface area contributed by atoms with Crippen LogP contribution >= 0.6 is 11.8 Å². The van der Waals surface area contributed by atoms with E-state index in [4.69, 9.17) is 37.9 Å². The molecule has 3 atom stereocenters. The molecule has 33 heteroatoms. The van der Waals surface area contributed by atoms with Crippen molar-refractivity contribution >= 4 is 46.4 Å². The molecule has 0 unspecified atom stereocenters. The summed E-state index contributed by atoms with van der Waals surface area (Å²) in [4.78, 5) is 127. The second-order valence-electron chi connectivity index (χ2n) is 24.0. The van der Waals surface area contributed by atoms with E-state index in [0.29, 0.717) is 119 Å². The zero-order valence-electron chi connectivity index (χ0n) is 59.6. The molecule has 6 rings (SSSR count). The van der Waals surface area contributed by atoms with Gasteiger partial charge < -0.3 is 67.9 Å². The van der Waals surface area contributed by atoms with E-state index in [1.165, 1.54) is 80.3 Å². The molecule has 572 valence electrons. The molecule has 0 fully saturated rings. The minimum Gasteiger partial charge on any atom is -0.480 e. The average molecular weight is 1500 g/mol. The number of thioether (sulfide) groups is 1. The van der Waals surface area contributed by atoms with E-state index in [1.54, 1.807) is 38.1 Å². The Bertz CT molecular complexity index is 4150. The molecule has 28 nitrogen and oxygen atoms in total. The van der Waals surface area contributed by atoms with Crippen molar-refractivity contribution in [3.63, 3.8) is 0 Å². The summed E-state index contributed by atoms with van der Waals surface area (Å²) in [5, 5.41) is 30.4. The lowest BCUT2D eigenvalue weighted by Crippen LogP contribution is -2.43. The smallest absolute Gasteiger partial charge is 0.330 e. The number of nitrogens with one attached hydrogen (secondary N) is 4. The van der Waals surface area contributed by atoms with E-state index < -0.39 is 124 Å². The number of nitrogens with zero attached hydrogens (tertiary/aromatic N) is 4. The molecule has 0 radical (unpaired) electrons. The molecule has 0 saturated heterocycles. The van der Waals surface area contributed by atoms with Gasteiger partial charge in [-0.1, -0.05) is 60.3 Å². The Morgan fingerprint density at radius 1 is 0.486 bits per heavy atom. The number of ether oxygens (including phenoxy) is 8. The summed E-state index contributed by atoms with van der Waals surface area (Å²) in [5.41, 5.74) is -1.53. The molecule has 0 bridgehead atoms. The van der Waals surface area contributed by atoms with Gasteiger partial charge in [-0.2, -0.15) is 0 Å². The van der Waals surface area contributed by atoms with Gasteiger partial charge in [-0.3, -0.25) is 53.3 Å². The van der Waals surface area contributed by atoms with Crippen molar-refractivity contribution < 1.29 is 94.4 Å². The lowest BCUT2D eigenvalue weighted by molar-refractivity contribution is -0.140. The summed E-state index contributed by atoms with van der Waals surface area (Å²) in [6.07, 6.45) is -1.13. The van der Waals surface area contributed by atoms with Gasteiger partial charge in [0.05, 0.1) is 123 Å². The number of ketones is 1. The Labute approximate surface area is 606 Å². The van der Waals surface area contributed by atoms with Crippen molar-refractivity contribution in [2.24, 2.45) is 28.2 Å². The van der Waals surface area contributed by atoms with E-state index in [-0.39, 0.29) is 79.6 Å². The van der Waals surface area contributed by atoms with Crippen molar-refractivity contribution in [1.82, 2.24) is 39.5 Å². The number of aromatic nitrogens is 4. The highest BCUT2D eigenvalue weighted by atomic mass is 32.2. The Morgan fingerprint density at radius 3 is 1.30 bits per heavy atom. The second kappa shape index (κ2) is 43.5. The predicted octanol–water partition coefficient (Wildman–Crippen LogP) is 3.91. The van der Waals surface area contributed by atoms with Crippen LogP contribution in [0.25, 0.3) is 22.3 Å². The lowest BCUT2D eigenvalue weighted by Gasteiger charge is -2.21. The van der Waals surface area contributed by atoms with Gasteiger partial charge in [0.2, 0.25) is 5.91 Å². The monoisotopic (exact) mass is 1490 g/mol. The number of benzene rings is 4. The highest BCUT2D eigenvalue weighted by molar-refractivity contribution is 8.13. The van der Waals surface area contributed by atoms with Gasteiger partial charge in [-0.25, -0.2) is 31.9 Å². The number of carboxylic acid groups (broad SMARTS) is 2. The molecule has 105 heavy (non-hydrogen) atoms. The minimum atomic E-state index is -1.72. The Kier molecular flexibility index (Phi) is 35.3. The van der Waals surface area contributed by atoms with Crippen LogP contribution in [-0.4, -0.2) is 193 Å². The van der Waals surface area contributed by atoms with Gasteiger partial charge in [0.15, 0.2) is 10.9 Å². The van der Waals surface area contributed by atoms with Crippen molar-refractivity contribution in [3.05, 3.63) is 183 Å². The largest absolute Gasteiger partial charge is 0.480 e. The molecular formula is C72H90F4N8O20S. The minimum absolute atomic E-state index is 0.0219. The summed E-state index contributed by atoms with van der Waals surface area (Å²) in [6.45, 7) is 8.52. The number of aliphatic carboxylic acids is 2.